The SMILES string of the molecule is CC(C)(C)OC(=O)CN(C(CCCN=C(NC(=O)OC(C)(C)C)NC(=O)OC(C)(C)C)C(=O)C(F)(F)C(F)(F)F)[C@H](C=O)Cc1ccccc1. The Bertz CT molecular complexity index is 1320. The second-order valence-electron chi connectivity index (χ2n) is 14.2. The highest BCUT2D eigenvalue weighted by Crippen LogP contribution is 2.38. The van der Waals surface area contributed by atoms with Crippen LogP contribution in [0.5, 0.6) is 0 Å². The fraction of sp³-hybridized carbons (Fsp3) is 0.636. The smallest absolute Gasteiger partial charge is 0.459 e. The third kappa shape index (κ3) is 16.0. The first-order valence-electron chi connectivity index (χ1n) is 15.7. The number of aliphatic imine (C=N–C) groups is 1. The molecular formula is C33H47F5N4O8. The van der Waals surface area contributed by atoms with Crippen LogP contribution >= 0.6 is 0 Å². The molecule has 0 aromatic heterocycles. The second kappa shape index (κ2) is 17.7. The fourth-order valence-electron chi connectivity index (χ4n) is 4.26. The standard InChI is InChI=1S/C33H47F5N4O8/c1-29(2,3)48-24(44)19-42(22(20-43)18-21-14-11-10-12-15-21)23(25(45)32(34,35)33(36,37)38)16-13-17-39-26(40-27(46)49-30(4,5)6)41-28(47)50-31(7,8)9/h10-12,14-15,20,22-23H,13,16-19H2,1-9H3,(H2,39,40,41,46,47)/t22-,23?/m0/s1. The lowest BCUT2D eigenvalue weighted by atomic mass is 9.95. The van der Waals surface area contributed by atoms with Crippen LogP contribution in [0.2, 0.25) is 0 Å². The molecule has 0 fully saturated rings. The number of hydrogen-bond acceptors (Lipinski definition) is 10. The van der Waals surface area contributed by atoms with Crippen LogP contribution < -0.4 is 10.6 Å². The maximum absolute atomic E-state index is 14.7. The fourth-order valence-corrected chi connectivity index (χ4v) is 4.26. The van der Waals surface area contributed by atoms with Gasteiger partial charge in [-0.15, -0.1) is 0 Å². The van der Waals surface area contributed by atoms with Gasteiger partial charge in [0.15, 0.2) is 0 Å². The average molecular weight is 723 g/mol. The van der Waals surface area contributed by atoms with Crippen LogP contribution in [-0.4, -0.2) is 95.2 Å². The molecule has 17 heteroatoms. The third-order valence-electron chi connectivity index (χ3n) is 6.12. The van der Waals surface area contributed by atoms with Crippen LogP contribution in [0.1, 0.15) is 80.7 Å². The zero-order valence-corrected chi connectivity index (χ0v) is 29.7. The molecule has 0 saturated heterocycles. The topological polar surface area (TPSA) is 153 Å². The van der Waals surface area contributed by atoms with Crippen molar-refractivity contribution in [1.29, 1.82) is 0 Å². The molecule has 282 valence electrons. The molecule has 1 aromatic rings. The molecule has 2 amide bonds. The van der Waals surface area contributed by atoms with E-state index in [4.69, 9.17) is 14.2 Å². The predicted molar refractivity (Wildman–Crippen MR) is 173 cm³/mol. The number of hydrogen-bond donors (Lipinski definition) is 2. The van der Waals surface area contributed by atoms with Crippen LogP contribution in [0.4, 0.5) is 31.5 Å². The van der Waals surface area contributed by atoms with Gasteiger partial charge in [0, 0.05) is 6.54 Å². The van der Waals surface area contributed by atoms with E-state index in [0.29, 0.717) is 10.5 Å². The molecule has 0 aliphatic heterocycles. The summed E-state index contributed by atoms with van der Waals surface area (Å²) in [6.07, 6.45) is -9.60. The van der Waals surface area contributed by atoms with Gasteiger partial charge in [0.05, 0.1) is 18.6 Å². The van der Waals surface area contributed by atoms with Crippen LogP contribution in [0.25, 0.3) is 0 Å². The Morgan fingerprint density at radius 3 is 1.70 bits per heavy atom. The monoisotopic (exact) mass is 722 g/mol. The van der Waals surface area contributed by atoms with Gasteiger partial charge in [-0.3, -0.25) is 30.1 Å². The lowest BCUT2D eigenvalue weighted by Gasteiger charge is -2.36. The number of carbonyl (C=O) groups excluding carboxylic acids is 5. The summed E-state index contributed by atoms with van der Waals surface area (Å²) in [4.78, 5) is 67.9. The summed E-state index contributed by atoms with van der Waals surface area (Å²) in [6, 6.07) is 4.10. The van der Waals surface area contributed by atoms with Crippen molar-refractivity contribution in [3.05, 3.63) is 35.9 Å². The molecule has 1 unspecified atom stereocenters. The molecule has 0 bridgehead atoms. The Labute approximate surface area is 288 Å². The van der Waals surface area contributed by atoms with E-state index in [1.54, 1.807) is 71.9 Å². The Hall–Kier alpha value is -4.15. The molecule has 0 spiro atoms. The first-order valence-corrected chi connectivity index (χ1v) is 15.7. The van der Waals surface area contributed by atoms with Gasteiger partial charge in [-0.25, -0.2) is 9.59 Å². The Balaban J connectivity index is 3.58. The molecular weight excluding hydrogens is 675 g/mol. The van der Waals surface area contributed by atoms with Gasteiger partial charge < -0.3 is 19.0 Å². The zero-order chi connectivity index (χ0) is 38.7. The van der Waals surface area contributed by atoms with E-state index in [9.17, 15) is 45.9 Å². The Kier molecular flexibility index (Phi) is 15.5. The van der Waals surface area contributed by atoms with Crippen molar-refractivity contribution in [2.45, 2.75) is 123 Å². The van der Waals surface area contributed by atoms with E-state index < -0.39 is 96.8 Å². The lowest BCUT2D eigenvalue weighted by Crippen LogP contribution is -2.58. The van der Waals surface area contributed by atoms with Crippen molar-refractivity contribution in [2.75, 3.05) is 13.1 Å². The highest BCUT2D eigenvalue weighted by atomic mass is 19.4. The molecule has 0 saturated carbocycles. The molecule has 50 heavy (non-hydrogen) atoms. The molecule has 0 aliphatic rings. The zero-order valence-electron chi connectivity index (χ0n) is 29.7. The molecule has 0 heterocycles. The Morgan fingerprint density at radius 2 is 1.28 bits per heavy atom. The van der Waals surface area contributed by atoms with Crippen LogP contribution in [0, 0.1) is 0 Å². The van der Waals surface area contributed by atoms with Crippen molar-refractivity contribution in [2.24, 2.45) is 4.99 Å². The Morgan fingerprint density at radius 1 is 0.800 bits per heavy atom. The van der Waals surface area contributed by atoms with Gasteiger partial charge in [0.25, 0.3) is 0 Å². The number of amides is 2. The molecule has 1 rings (SSSR count). The van der Waals surface area contributed by atoms with E-state index >= 15 is 0 Å². The molecule has 12 nitrogen and oxygen atoms in total. The van der Waals surface area contributed by atoms with Crippen molar-refractivity contribution < 1.29 is 60.1 Å². The van der Waals surface area contributed by atoms with E-state index in [0.717, 1.165) is 0 Å². The number of alkyl carbamates (subject to hydrolysis) is 2. The number of Topliss-reactive ketones (excluding diaryl/α,β-unsaturated/α-hetero) is 1. The lowest BCUT2D eigenvalue weighted by molar-refractivity contribution is -0.270. The number of benzene rings is 1. The van der Waals surface area contributed by atoms with Gasteiger partial charge in [-0.2, -0.15) is 22.0 Å². The van der Waals surface area contributed by atoms with Gasteiger partial charge in [-0.1, -0.05) is 30.3 Å². The van der Waals surface area contributed by atoms with Crippen molar-refractivity contribution in [3.8, 4) is 0 Å². The number of carbonyl (C=O) groups is 5. The maximum Gasteiger partial charge on any atom is 0.461 e. The van der Waals surface area contributed by atoms with Gasteiger partial charge in [0.2, 0.25) is 11.7 Å². The third-order valence-corrected chi connectivity index (χ3v) is 6.12. The first-order chi connectivity index (χ1) is 22.6. The van der Waals surface area contributed by atoms with Crippen molar-refractivity contribution >= 4 is 36.2 Å². The number of guanidine groups is 1. The second-order valence-corrected chi connectivity index (χ2v) is 14.2. The number of rotatable bonds is 13. The van der Waals surface area contributed by atoms with E-state index in [1.807, 2.05) is 0 Å². The van der Waals surface area contributed by atoms with E-state index in [1.165, 1.54) is 20.8 Å². The molecule has 1 aromatic carbocycles. The summed E-state index contributed by atoms with van der Waals surface area (Å²) in [7, 11) is 0. The first kappa shape index (κ1) is 43.9. The average Bonchev–Trinajstić information content (AvgIpc) is 2.91. The molecule has 0 radical (unpaired) electrons. The normalized spacial score (nSPS) is 13.8. The summed E-state index contributed by atoms with van der Waals surface area (Å²) in [5.74, 6) is -10.1. The number of alkyl halides is 5. The molecule has 0 aliphatic carbocycles. The minimum Gasteiger partial charge on any atom is -0.459 e. The van der Waals surface area contributed by atoms with E-state index in [-0.39, 0.29) is 12.7 Å². The summed E-state index contributed by atoms with van der Waals surface area (Å²) in [5.41, 5.74) is -2.58. The van der Waals surface area contributed by atoms with Gasteiger partial charge in [-0.05, 0) is 87.1 Å². The van der Waals surface area contributed by atoms with E-state index in [2.05, 4.69) is 15.6 Å². The number of ketones is 1. The number of ether oxygens (including phenoxy) is 3. The summed E-state index contributed by atoms with van der Waals surface area (Å²) in [5, 5.41) is 4.39. The van der Waals surface area contributed by atoms with Crippen LogP contribution in [0.15, 0.2) is 35.3 Å². The number of nitrogens with one attached hydrogen (secondary N) is 2. The summed E-state index contributed by atoms with van der Waals surface area (Å²) in [6.45, 7) is 12.4. The highest BCUT2D eigenvalue weighted by Gasteiger charge is 2.65. The van der Waals surface area contributed by atoms with Crippen LogP contribution in [0.3, 0.4) is 0 Å². The number of aldehydes is 1. The molecule has 2 N–H and O–H groups in total. The quantitative estimate of drug-likeness (QED) is 0.0492. The highest BCUT2D eigenvalue weighted by molar-refractivity contribution is 6.01. The summed E-state index contributed by atoms with van der Waals surface area (Å²) < 4.78 is 85.4. The summed E-state index contributed by atoms with van der Waals surface area (Å²) >= 11 is 0. The minimum absolute atomic E-state index is 0.245. The van der Waals surface area contributed by atoms with Gasteiger partial charge >= 0.3 is 30.3 Å². The van der Waals surface area contributed by atoms with Gasteiger partial charge in [0.1, 0.15) is 23.1 Å². The maximum atomic E-state index is 14.7. The van der Waals surface area contributed by atoms with Crippen LogP contribution in [-0.2, 0) is 35.0 Å². The molecule has 2 atom stereocenters. The van der Waals surface area contributed by atoms with Crippen molar-refractivity contribution in [3.63, 3.8) is 0 Å². The predicted octanol–water partition coefficient (Wildman–Crippen LogP) is 5.76. The number of halogens is 5. The largest absolute Gasteiger partial charge is 0.461 e. The minimum atomic E-state index is -6.30. The number of esters is 1. The number of nitrogens with zero attached hydrogens (tertiary/aromatic N) is 2. The van der Waals surface area contributed by atoms with Crippen molar-refractivity contribution in [1.82, 2.24) is 15.5 Å².